The van der Waals surface area contributed by atoms with Crippen LogP contribution < -0.4 is 0 Å². The first-order chi connectivity index (χ1) is 5.82. The van der Waals surface area contributed by atoms with Crippen LogP contribution in [0.3, 0.4) is 0 Å². The normalized spacial score (nSPS) is 11.8. The maximum absolute atomic E-state index is 12.6. The fourth-order valence-corrected chi connectivity index (χ4v) is 1.06. The highest BCUT2D eigenvalue weighted by atomic mass is 19.3. The van der Waals surface area contributed by atoms with Crippen LogP contribution in [0.4, 0.5) is 8.78 Å². The van der Waals surface area contributed by atoms with Crippen LogP contribution in [-0.2, 0) is 7.05 Å². The minimum Gasteiger partial charge on any atom is -0.287 e. The summed E-state index contributed by atoms with van der Waals surface area (Å²) in [6.45, 7) is 2.11. The van der Waals surface area contributed by atoms with Gasteiger partial charge in [-0.3, -0.25) is 9.48 Å². The fraction of sp³-hybridized carbons (Fsp3) is 0.500. The Kier molecular flexibility index (Phi) is 2.19. The molecule has 13 heavy (non-hydrogen) atoms. The summed E-state index contributed by atoms with van der Waals surface area (Å²) >= 11 is 0. The number of halogens is 2. The van der Waals surface area contributed by atoms with E-state index in [4.69, 9.17) is 0 Å². The Hall–Kier alpha value is -1.26. The highest BCUT2D eigenvalue weighted by Gasteiger charge is 2.35. The number of carbonyl (C=O) groups excluding carboxylic acids is 1. The van der Waals surface area contributed by atoms with E-state index in [1.165, 1.54) is 17.8 Å². The van der Waals surface area contributed by atoms with E-state index in [9.17, 15) is 13.6 Å². The molecule has 1 heterocycles. The van der Waals surface area contributed by atoms with Gasteiger partial charge >= 0.3 is 5.92 Å². The predicted molar refractivity (Wildman–Crippen MR) is 42.9 cm³/mol. The summed E-state index contributed by atoms with van der Waals surface area (Å²) in [7, 11) is 1.58. The van der Waals surface area contributed by atoms with Crippen molar-refractivity contribution in [3.05, 3.63) is 17.5 Å². The highest BCUT2D eigenvalue weighted by Crippen LogP contribution is 2.20. The first kappa shape index (κ1) is 9.83. The highest BCUT2D eigenvalue weighted by molar-refractivity contribution is 6.01. The van der Waals surface area contributed by atoms with Crippen molar-refractivity contribution >= 4 is 5.78 Å². The third-order valence-corrected chi connectivity index (χ3v) is 1.66. The minimum absolute atomic E-state index is 0.0185. The molecule has 0 bridgehead atoms. The molecule has 0 N–H and O–H groups in total. The number of carbonyl (C=O) groups is 1. The molecule has 1 rings (SSSR count). The van der Waals surface area contributed by atoms with Crippen molar-refractivity contribution in [2.24, 2.45) is 7.05 Å². The van der Waals surface area contributed by atoms with Gasteiger partial charge in [0.25, 0.3) is 0 Å². The van der Waals surface area contributed by atoms with E-state index >= 15 is 0 Å². The number of ketones is 1. The number of nitrogens with zero attached hydrogens (tertiary/aromatic N) is 2. The van der Waals surface area contributed by atoms with Crippen LogP contribution in [-0.4, -0.2) is 21.5 Å². The van der Waals surface area contributed by atoms with Gasteiger partial charge in [0.2, 0.25) is 5.78 Å². The maximum Gasteiger partial charge on any atom is 0.307 e. The first-order valence-corrected chi connectivity index (χ1v) is 3.75. The quantitative estimate of drug-likeness (QED) is 0.660. The average Bonchev–Trinajstić information content (AvgIpc) is 2.26. The van der Waals surface area contributed by atoms with Gasteiger partial charge in [0.1, 0.15) is 0 Å². The minimum atomic E-state index is -3.33. The van der Waals surface area contributed by atoms with E-state index in [-0.39, 0.29) is 5.56 Å². The van der Waals surface area contributed by atoms with Crippen LogP contribution >= 0.6 is 0 Å². The summed E-state index contributed by atoms with van der Waals surface area (Å²) in [6.07, 6.45) is 1.30. The molecule has 1 aromatic rings. The summed E-state index contributed by atoms with van der Waals surface area (Å²) in [5.41, 5.74) is 0.309. The molecule has 5 heteroatoms. The molecule has 0 fully saturated rings. The Morgan fingerprint density at radius 1 is 1.62 bits per heavy atom. The number of hydrogen-bond acceptors (Lipinski definition) is 2. The summed E-state index contributed by atoms with van der Waals surface area (Å²) in [6, 6.07) is 0. The number of hydrogen-bond donors (Lipinski definition) is 0. The molecule has 0 saturated carbocycles. The lowest BCUT2D eigenvalue weighted by Gasteiger charge is -2.06. The molecule has 72 valence electrons. The lowest BCUT2D eigenvalue weighted by atomic mass is 10.1. The van der Waals surface area contributed by atoms with Crippen LogP contribution in [0.5, 0.6) is 0 Å². The molecule has 1 aromatic heterocycles. The van der Waals surface area contributed by atoms with E-state index in [0.717, 1.165) is 0 Å². The van der Waals surface area contributed by atoms with Crippen LogP contribution in [0.2, 0.25) is 0 Å². The number of rotatable bonds is 2. The van der Waals surface area contributed by atoms with Gasteiger partial charge in [0.15, 0.2) is 0 Å². The van der Waals surface area contributed by atoms with E-state index < -0.39 is 11.7 Å². The molecular weight excluding hydrogens is 178 g/mol. The van der Waals surface area contributed by atoms with Crippen molar-refractivity contribution in [1.82, 2.24) is 9.78 Å². The van der Waals surface area contributed by atoms with Gasteiger partial charge in [0.05, 0.1) is 11.3 Å². The Labute approximate surface area is 74.4 Å². The van der Waals surface area contributed by atoms with Gasteiger partial charge in [-0.2, -0.15) is 13.9 Å². The van der Waals surface area contributed by atoms with Crippen LogP contribution in [0.1, 0.15) is 23.0 Å². The van der Waals surface area contributed by atoms with Crippen molar-refractivity contribution in [3.8, 4) is 0 Å². The molecule has 0 amide bonds. The molecule has 0 spiro atoms. The van der Waals surface area contributed by atoms with Crippen molar-refractivity contribution in [2.75, 3.05) is 0 Å². The molecule has 0 aliphatic carbocycles. The van der Waals surface area contributed by atoms with E-state index in [2.05, 4.69) is 5.10 Å². The van der Waals surface area contributed by atoms with E-state index in [1.807, 2.05) is 0 Å². The average molecular weight is 188 g/mol. The molecule has 0 aromatic carbocycles. The van der Waals surface area contributed by atoms with Crippen LogP contribution in [0.15, 0.2) is 6.20 Å². The standard InChI is InChI=1S/C8H10F2N2O/c1-5-6(4-12(3)11-5)7(13)8(2,9)10/h4H,1-3H3. The van der Waals surface area contributed by atoms with Crippen molar-refractivity contribution < 1.29 is 13.6 Å². The van der Waals surface area contributed by atoms with Gasteiger partial charge in [-0.25, -0.2) is 0 Å². The zero-order valence-electron chi connectivity index (χ0n) is 7.64. The topological polar surface area (TPSA) is 34.9 Å². The van der Waals surface area contributed by atoms with Gasteiger partial charge in [-0.1, -0.05) is 0 Å². The lowest BCUT2D eigenvalue weighted by molar-refractivity contribution is 0.0221. The third kappa shape index (κ3) is 1.91. The lowest BCUT2D eigenvalue weighted by Crippen LogP contribution is -2.24. The van der Waals surface area contributed by atoms with E-state index in [1.54, 1.807) is 7.05 Å². The Bertz CT molecular complexity index is 338. The molecule has 0 aliphatic rings. The number of aryl methyl sites for hydroxylation is 2. The monoisotopic (exact) mass is 188 g/mol. The number of alkyl halides is 2. The second-order valence-electron chi connectivity index (χ2n) is 3.02. The smallest absolute Gasteiger partial charge is 0.287 e. The molecule has 0 aliphatic heterocycles. The Morgan fingerprint density at radius 3 is 2.46 bits per heavy atom. The van der Waals surface area contributed by atoms with Crippen molar-refractivity contribution in [2.45, 2.75) is 19.8 Å². The molecule has 0 unspecified atom stereocenters. The van der Waals surface area contributed by atoms with E-state index in [0.29, 0.717) is 12.6 Å². The predicted octanol–water partition coefficient (Wildman–Crippen LogP) is 1.57. The zero-order valence-corrected chi connectivity index (χ0v) is 7.64. The molecule has 0 saturated heterocycles. The zero-order chi connectivity index (χ0) is 10.2. The van der Waals surface area contributed by atoms with Crippen molar-refractivity contribution in [3.63, 3.8) is 0 Å². The molecule has 0 atom stereocenters. The number of aromatic nitrogens is 2. The summed E-state index contributed by atoms with van der Waals surface area (Å²) in [5, 5.41) is 3.81. The van der Waals surface area contributed by atoms with Gasteiger partial charge in [-0.15, -0.1) is 0 Å². The summed E-state index contributed by atoms with van der Waals surface area (Å²) in [4.78, 5) is 11.1. The Balaban J connectivity index is 3.09. The second-order valence-corrected chi connectivity index (χ2v) is 3.02. The Morgan fingerprint density at radius 2 is 2.15 bits per heavy atom. The molecule has 0 radical (unpaired) electrons. The number of Topliss-reactive ketones (excluding diaryl/α,β-unsaturated/α-hetero) is 1. The summed E-state index contributed by atoms with van der Waals surface area (Å²) < 4.78 is 26.5. The first-order valence-electron chi connectivity index (χ1n) is 3.75. The molecular formula is C8H10F2N2O. The van der Waals surface area contributed by atoms with Gasteiger partial charge in [0, 0.05) is 20.2 Å². The SMILES string of the molecule is Cc1nn(C)cc1C(=O)C(C)(F)F. The molecule has 3 nitrogen and oxygen atoms in total. The summed E-state index contributed by atoms with van der Waals surface area (Å²) in [5.74, 6) is -4.51. The van der Waals surface area contributed by atoms with Gasteiger partial charge in [-0.05, 0) is 6.92 Å². The van der Waals surface area contributed by atoms with Crippen LogP contribution in [0.25, 0.3) is 0 Å². The fourth-order valence-electron chi connectivity index (χ4n) is 1.06. The van der Waals surface area contributed by atoms with Crippen LogP contribution in [0, 0.1) is 6.92 Å². The largest absolute Gasteiger partial charge is 0.307 e. The second kappa shape index (κ2) is 2.90. The third-order valence-electron chi connectivity index (χ3n) is 1.66. The van der Waals surface area contributed by atoms with Gasteiger partial charge < -0.3 is 0 Å². The maximum atomic E-state index is 12.6. The van der Waals surface area contributed by atoms with Crippen molar-refractivity contribution in [1.29, 1.82) is 0 Å².